The van der Waals surface area contributed by atoms with E-state index in [4.69, 9.17) is 10.8 Å². The molecule has 6 heteroatoms. The van der Waals surface area contributed by atoms with Crippen molar-refractivity contribution in [2.75, 3.05) is 11.5 Å². The lowest BCUT2D eigenvalue weighted by molar-refractivity contribution is -0.141. The molecule has 96 valence electrons. The quantitative estimate of drug-likeness (QED) is 0.721. The molecule has 0 aromatic carbocycles. The Kier molecular flexibility index (Phi) is 6.99. The van der Waals surface area contributed by atoms with Crippen molar-refractivity contribution in [2.24, 2.45) is 5.92 Å². The standard InChI is InChI=1S/C11H16N2O2S.ClH/c1-2-8(9(6-16)11(14)15)7-3-4-10(12)13-5-7;/h3-5,8-9,16H,2,6H2,1H3,(H2,12,13)(H,14,15);1H. The van der Waals surface area contributed by atoms with Crippen molar-refractivity contribution < 1.29 is 9.90 Å². The first-order chi connectivity index (χ1) is 7.60. The first kappa shape index (κ1) is 16.1. The zero-order valence-corrected chi connectivity index (χ0v) is 11.2. The number of hydrogen-bond donors (Lipinski definition) is 3. The highest BCUT2D eigenvalue weighted by molar-refractivity contribution is 7.80. The summed E-state index contributed by atoms with van der Waals surface area (Å²) >= 11 is 4.09. The summed E-state index contributed by atoms with van der Waals surface area (Å²) in [5.74, 6) is -0.616. The van der Waals surface area contributed by atoms with Crippen molar-refractivity contribution in [2.45, 2.75) is 19.3 Å². The molecule has 1 heterocycles. The Hall–Kier alpha value is -0.940. The van der Waals surface area contributed by atoms with E-state index in [9.17, 15) is 4.79 Å². The first-order valence-corrected chi connectivity index (χ1v) is 5.78. The molecule has 2 atom stereocenters. The van der Waals surface area contributed by atoms with Crippen molar-refractivity contribution in [3.8, 4) is 0 Å². The van der Waals surface area contributed by atoms with Gasteiger partial charge >= 0.3 is 5.97 Å². The van der Waals surface area contributed by atoms with Crippen LogP contribution in [0.2, 0.25) is 0 Å². The Morgan fingerprint density at radius 1 is 1.59 bits per heavy atom. The van der Waals surface area contributed by atoms with Crippen molar-refractivity contribution >= 4 is 36.8 Å². The summed E-state index contributed by atoms with van der Waals surface area (Å²) in [6, 6.07) is 3.52. The molecule has 1 aromatic heterocycles. The predicted octanol–water partition coefficient (Wildman–Crippen LogP) is 2.21. The zero-order valence-electron chi connectivity index (χ0n) is 9.54. The maximum atomic E-state index is 11.1. The van der Waals surface area contributed by atoms with E-state index in [0.717, 1.165) is 12.0 Å². The van der Waals surface area contributed by atoms with Gasteiger partial charge in [0.25, 0.3) is 0 Å². The van der Waals surface area contributed by atoms with E-state index in [1.807, 2.05) is 13.0 Å². The maximum absolute atomic E-state index is 11.1. The zero-order chi connectivity index (χ0) is 12.1. The lowest BCUT2D eigenvalue weighted by Gasteiger charge is -2.21. The highest BCUT2D eigenvalue weighted by Gasteiger charge is 2.26. The van der Waals surface area contributed by atoms with E-state index in [0.29, 0.717) is 11.6 Å². The summed E-state index contributed by atoms with van der Waals surface area (Å²) in [5, 5.41) is 9.10. The summed E-state index contributed by atoms with van der Waals surface area (Å²) in [7, 11) is 0. The van der Waals surface area contributed by atoms with Crippen molar-refractivity contribution in [1.82, 2.24) is 4.98 Å². The molecular weight excluding hydrogens is 260 g/mol. The van der Waals surface area contributed by atoms with Gasteiger partial charge in [-0.15, -0.1) is 12.4 Å². The number of pyridine rings is 1. The van der Waals surface area contributed by atoms with Crippen LogP contribution >= 0.6 is 25.0 Å². The number of carbonyl (C=O) groups is 1. The van der Waals surface area contributed by atoms with Gasteiger partial charge in [0.2, 0.25) is 0 Å². The molecule has 0 saturated carbocycles. The summed E-state index contributed by atoms with van der Waals surface area (Å²) in [6.07, 6.45) is 2.38. The molecule has 0 amide bonds. The number of hydrogen-bond acceptors (Lipinski definition) is 4. The number of carboxylic acid groups (broad SMARTS) is 1. The second kappa shape index (κ2) is 7.40. The average Bonchev–Trinajstić information content (AvgIpc) is 2.26. The highest BCUT2D eigenvalue weighted by atomic mass is 35.5. The summed E-state index contributed by atoms with van der Waals surface area (Å²) < 4.78 is 0. The van der Waals surface area contributed by atoms with Crippen molar-refractivity contribution in [3.05, 3.63) is 23.9 Å². The van der Waals surface area contributed by atoms with Crippen LogP contribution in [0.15, 0.2) is 18.3 Å². The molecule has 0 fully saturated rings. The number of anilines is 1. The third-order valence-corrected chi connectivity index (χ3v) is 3.07. The normalized spacial score (nSPS) is 13.5. The maximum Gasteiger partial charge on any atom is 0.307 e. The smallest absolute Gasteiger partial charge is 0.307 e. The fourth-order valence-electron chi connectivity index (χ4n) is 1.77. The fourth-order valence-corrected chi connectivity index (χ4v) is 2.18. The lowest BCUT2D eigenvalue weighted by atomic mass is 9.86. The Morgan fingerprint density at radius 2 is 2.24 bits per heavy atom. The van der Waals surface area contributed by atoms with E-state index >= 15 is 0 Å². The number of aromatic nitrogens is 1. The molecule has 0 aliphatic rings. The van der Waals surface area contributed by atoms with Crippen LogP contribution in [-0.2, 0) is 4.79 Å². The van der Waals surface area contributed by atoms with E-state index in [2.05, 4.69) is 17.6 Å². The van der Waals surface area contributed by atoms with Gasteiger partial charge in [-0.05, 0) is 24.0 Å². The van der Waals surface area contributed by atoms with Crippen LogP contribution in [0.5, 0.6) is 0 Å². The number of nitrogen functional groups attached to an aromatic ring is 1. The summed E-state index contributed by atoms with van der Waals surface area (Å²) in [4.78, 5) is 15.1. The van der Waals surface area contributed by atoms with Crippen LogP contribution in [0.1, 0.15) is 24.8 Å². The second-order valence-electron chi connectivity index (χ2n) is 3.66. The number of aliphatic carboxylic acids is 1. The van der Waals surface area contributed by atoms with Gasteiger partial charge in [-0.25, -0.2) is 4.98 Å². The van der Waals surface area contributed by atoms with Crippen LogP contribution < -0.4 is 5.73 Å². The number of nitrogens with two attached hydrogens (primary N) is 1. The third-order valence-electron chi connectivity index (χ3n) is 2.68. The van der Waals surface area contributed by atoms with Gasteiger partial charge in [0.1, 0.15) is 5.82 Å². The van der Waals surface area contributed by atoms with Crippen LogP contribution in [-0.4, -0.2) is 21.8 Å². The number of carboxylic acids is 1. The molecule has 0 aliphatic carbocycles. The minimum Gasteiger partial charge on any atom is -0.481 e. The minimum absolute atomic E-state index is 0. The second-order valence-corrected chi connectivity index (χ2v) is 4.02. The molecule has 1 aromatic rings. The number of thiol groups is 1. The summed E-state index contributed by atoms with van der Waals surface area (Å²) in [6.45, 7) is 1.96. The van der Waals surface area contributed by atoms with E-state index < -0.39 is 11.9 Å². The van der Waals surface area contributed by atoms with E-state index in [1.165, 1.54) is 0 Å². The minimum atomic E-state index is -0.821. The molecule has 0 saturated heterocycles. The largest absolute Gasteiger partial charge is 0.481 e. The van der Waals surface area contributed by atoms with Crippen LogP contribution in [0.4, 0.5) is 5.82 Å². The Bertz CT molecular complexity index is 359. The van der Waals surface area contributed by atoms with Gasteiger partial charge in [0.15, 0.2) is 0 Å². The molecule has 0 bridgehead atoms. The molecule has 17 heavy (non-hydrogen) atoms. The topological polar surface area (TPSA) is 76.2 Å². The van der Waals surface area contributed by atoms with Gasteiger partial charge in [0, 0.05) is 11.9 Å². The number of rotatable bonds is 5. The van der Waals surface area contributed by atoms with Gasteiger partial charge in [0.05, 0.1) is 5.92 Å². The van der Waals surface area contributed by atoms with Gasteiger partial charge in [-0.2, -0.15) is 12.6 Å². The predicted molar refractivity (Wildman–Crippen MR) is 73.9 cm³/mol. The van der Waals surface area contributed by atoms with Crippen molar-refractivity contribution in [1.29, 1.82) is 0 Å². The molecule has 1 rings (SSSR count). The van der Waals surface area contributed by atoms with Gasteiger partial charge in [-0.3, -0.25) is 4.79 Å². The van der Waals surface area contributed by atoms with E-state index in [-0.39, 0.29) is 18.3 Å². The molecular formula is C11H17ClN2O2S. The first-order valence-electron chi connectivity index (χ1n) is 5.15. The third kappa shape index (κ3) is 4.09. The van der Waals surface area contributed by atoms with Gasteiger partial charge < -0.3 is 10.8 Å². The Labute approximate surface area is 112 Å². The molecule has 0 radical (unpaired) electrons. The number of nitrogens with zero attached hydrogens (tertiary/aromatic N) is 1. The Morgan fingerprint density at radius 3 is 2.59 bits per heavy atom. The molecule has 0 spiro atoms. The molecule has 0 aliphatic heterocycles. The SMILES string of the molecule is CCC(c1ccc(N)nc1)C(CS)C(=O)O.Cl. The van der Waals surface area contributed by atoms with E-state index in [1.54, 1.807) is 12.3 Å². The molecule has 3 N–H and O–H groups in total. The molecule has 2 unspecified atom stereocenters. The van der Waals surface area contributed by atoms with Crippen LogP contribution in [0, 0.1) is 5.92 Å². The monoisotopic (exact) mass is 276 g/mol. The highest BCUT2D eigenvalue weighted by Crippen LogP contribution is 2.29. The van der Waals surface area contributed by atoms with Gasteiger partial charge in [-0.1, -0.05) is 13.0 Å². The number of halogens is 1. The lowest BCUT2D eigenvalue weighted by Crippen LogP contribution is -2.23. The fraction of sp³-hybridized carbons (Fsp3) is 0.455. The average molecular weight is 277 g/mol. The summed E-state index contributed by atoms with van der Waals surface area (Å²) in [5.41, 5.74) is 6.40. The van der Waals surface area contributed by atoms with Crippen molar-refractivity contribution in [3.63, 3.8) is 0 Å². The molecule has 4 nitrogen and oxygen atoms in total. The van der Waals surface area contributed by atoms with Crippen LogP contribution in [0.25, 0.3) is 0 Å². The van der Waals surface area contributed by atoms with Crippen LogP contribution in [0.3, 0.4) is 0 Å². The Balaban J connectivity index is 0.00000256.